The Morgan fingerprint density at radius 3 is 2.57 bits per heavy atom. The minimum absolute atomic E-state index is 0.0201. The molecule has 1 N–H and O–H groups in total. The lowest BCUT2D eigenvalue weighted by Crippen LogP contribution is -2.49. The van der Waals surface area contributed by atoms with Crippen molar-refractivity contribution in [2.75, 3.05) is 27.4 Å². The van der Waals surface area contributed by atoms with Crippen LogP contribution in [0.4, 0.5) is 0 Å². The molecule has 0 unspecified atom stereocenters. The Labute approximate surface area is 174 Å². The number of rotatable bonds is 7. The second kappa shape index (κ2) is 9.43. The zero-order chi connectivity index (χ0) is 20.0. The summed E-state index contributed by atoms with van der Waals surface area (Å²) in [7, 11) is 3.23. The molecule has 1 amide bonds. The van der Waals surface area contributed by atoms with Crippen molar-refractivity contribution in [3.05, 3.63) is 58.1 Å². The van der Waals surface area contributed by atoms with Gasteiger partial charge in [-0.3, -0.25) is 4.79 Å². The first-order valence-electron chi connectivity index (χ1n) is 9.42. The van der Waals surface area contributed by atoms with Crippen LogP contribution in [0.15, 0.2) is 46.9 Å². The molecular formula is C22H26BrNO4. The van der Waals surface area contributed by atoms with Crippen molar-refractivity contribution in [3.8, 4) is 11.5 Å². The van der Waals surface area contributed by atoms with Crippen molar-refractivity contribution in [2.45, 2.75) is 31.2 Å². The maximum Gasteiger partial charge on any atom is 0.221 e. The predicted molar refractivity (Wildman–Crippen MR) is 112 cm³/mol. The fourth-order valence-corrected chi connectivity index (χ4v) is 4.12. The monoisotopic (exact) mass is 447 g/mol. The molecule has 5 nitrogen and oxygen atoms in total. The molecule has 2 aromatic carbocycles. The van der Waals surface area contributed by atoms with E-state index in [1.54, 1.807) is 14.2 Å². The van der Waals surface area contributed by atoms with Crippen LogP contribution in [0.1, 0.15) is 30.4 Å². The number of hydrogen-bond acceptors (Lipinski definition) is 4. The summed E-state index contributed by atoms with van der Waals surface area (Å²) in [6.07, 6.45) is 2.48. The van der Waals surface area contributed by atoms with E-state index in [-0.39, 0.29) is 5.91 Å². The number of ether oxygens (including phenoxy) is 3. The number of aryl methyl sites for hydroxylation is 1. The maximum atomic E-state index is 12.9. The van der Waals surface area contributed by atoms with Gasteiger partial charge in [0, 0.05) is 24.1 Å². The number of carbonyl (C=O) groups excluding carboxylic acids is 1. The van der Waals surface area contributed by atoms with E-state index in [1.165, 1.54) is 0 Å². The summed E-state index contributed by atoms with van der Waals surface area (Å²) in [5, 5.41) is 3.30. The minimum Gasteiger partial charge on any atom is -0.493 e. The third-order valence-corrected chi connectivity index (χ3v) is 5.70. The lowest BCUT2D eigenvalue weighted by Gasteiger charge is -2.38. The lowest BCUT2D eigenvalue weighted by atomic mass is 9.82. The fraction of sp³-hybridized carbons (Fsp3) is 0.409. The van der Waals surface area contributed by atoms with Crippen molar-refractivity contribution in [1.29, 1.82) is 0 Å². The topological polar surface area (TPSA) is 56.8 Å². The van der Waals surface area contributed by atoms with E-state index in [4.69, 9.17) is 14.2 Å². The Morgan fingerprint density at radius 2 is 1.89 bits per heavy atom. The Balaban J connectivity index is 1.73. The van der Waals surface area contributed by atoms with Crippen LogP contribution in [0.25, 0.3) is 0 Å². The average Bonchev–Trinajstić information content (AvgIpc) is 2.72. The Hall–Kier alpha value is -2.05. The van der Waals surface area contributed by atoms with Crippen molar-refractivity contribution in [2.24, 2.45) is 0 Å². The van der Waals surface area contributed by atoms with Gasteiger partial charge in [-0.2, -0.15) is 0 Å². The summed E-state index contributed by atoms with van der Waals surface area (Å²) >= 11 is 3.54. The average molecular weight is 448 g/mol. The number of para-hydroxylation sites is 1. The van der Waals surface area contributed by atoms with Crippen LogP contribution < -0.4 is 14.8 Å². The van der Waals surface area contributed by atoms with Crippen LogP contribution in [0.5, 0.6) is 11.5 Å². The Kier molecular flexibility index (Phi) is 6.97. The lowest BCUT2D eigenvalue weighted by molar-refractivity contribution is -0.124. The zero-order valence-corrected chi connectivity index (χ0v) is 17.9. The van der Waals surface area contributed by atoms with Crippen molar-refractivity contribution >= 4 is 21.8 Å². The van der Waals surface area contributed by atoms with E-state index in [0.29, 0.717) is 37.6 Å². The van der Waals surface area contributed by atoms with Gasteiger partial charge in [0.2, 0.25) is 5.91 Å². The highest BCUT2D eigenvalue weighted by Crippen LogP contribution is 2.34. The molecular weight excluding hydrogens is 422 g/mol. The van der Waals surface area contributed by atoms with Crippen molar-refractivity contribution < 1.29 is 19.0 Å². The summed E-state index contributed by atoms with van der Waals surface area (Å²) in [4.78, 5) is 12.9. The summed E-state index contributed by atoms with van der Waals surface area (Å²) in [6, 6.07) is 13.9. The smallest absolute Gasteiger partial charge is 0.221 e. The highest BCUT2D eigenvalue weighted by molar-refractivity contribution is 9.10. The van der Waals surface area contributed by atoms with E-state index in [9.17, 15) is 4.79 Å². The van der Waals surface area contributed by atoms with E-state index in [1.807, 2.05) is 30.3 Å². The number of hydrogen-bond donors (Lipinski definition) is 1. The normalized spacial score (nSPS) is 15.7. The molecule has 6 heteroatoms. The van der Waals surface area contributed by atoms with Gasteiger partial charge in [0.1, 0.15) is 0 Å². The first-order valence-corrected chi connectivity index (χ1v) is 10.2. The second-order valence-electron chi connectivity index (χ2n) is 6.91. The second-order valence-corrected chi connectivity index (χ2v) is 7.82. The molecule has 0 bridgehead atoms. The molecule has 1 aliphatic rings. The van der Waals surface area contributed by atoms with Crippen LogP contribution in [0.2, 0.25) is 0 Å². The molecule has 150 valence electrons. The van der Waals surface area contributed by atoms with Crippen molar-refractivity contribution in [1.82, 2.24) is 5.32 Å². The summed E-state index contributed by atoms with van der Waals surface area (Å²) in [5.41, 5.74) is 1.68. The van der Waals surface area contributed by atoms with Crippen molar-refractivity contribution in [3.63, 3.8) is 0 Å². The van der Waals surface area contributed by atoms with Gasteiger partial charge in [0.25, 0.3) is 0 Å². The highest BCUT2D eigenvalue weighted by Gasteiger charge is 2.36. The number of benzene rings is 2. The molecule has 3 rings (SSSR count). The molecule has 1 aliphatic heterocycles. The SMILES string of the molecule is COc1cccc(CCC(=O)NC2(c3cccc(Br)c3)CCOCC2)c1OC. The van der Waals surface area contributed by atoms with Gasteiger partial charge in [-0.1, -0.05) is 40.2 Å². The van der Waals surface area contributed by atoms with Crippen LogP contribution in [0, 0.1) is 0 Å². The van der Waals surface area contributed by atoms with Gasteiger partial charge in [-0.25, -0.2) is 0 Å². The fourth-order valence-electron chi connectivity index (χ4n) is 3.72. The molecule has 0 saturated carbocycles. The largest absolute Gasteiger partial charge is 0.493 e. The molecule has 2 aromatic rings. The Morgan fingerprint density at radius 1 is 1.14 bits per heavy atom. The number of carbonyl (C=O) groups is 1. The molecule has 1 heterocycles. The van der Waals surface area contributed by atoms with E-state index >= 15 is 0 Å². The number of halogens is 1. The predicted octanol–water partition coefficient (Wildman–Crippen LogP) is 4.22. The van der Waals surface area contributed by atoms with Crippen LogP contribution in [-0.4, -0.2) is 33.3 Å². The molecule has 1 saturated heterocycles. The molecule has 0 aromatic heterocycles. The zero-order valence-electron chi connectivity index (χ0n) is 16.3. The molecule has 28 heavy (non-hydrogen) atoms. The van der Waals surface area contributed by atoms with Crippen LogP contribution in [0.3, 0.4) is 0 Å². The van der Waals surface area contributed by atoms with Crippen LogP contribution >= 0.6 is 15.9 Å². The number of methoxy groups -OCH3 is 2. The highest BCUT2D eigenvalue weighted by atomic mass is 79.9. The van der Waals surface area contributed by atoms with Gasteiger partial charge in [-0.05, 0) is 48.6 Å². The number of amides is 1. The molecule has 0 spiro atoms. The third-order valence-electron chi connectivity index (χ3n) is 5.21. The molecule has 0 aliphatic carbocycles. The van der Waals surface area contributed by atoms with Gasteiger partial charge in [-0.15, -0.1) is 0 Å². The first-order chi connectivity index (χ1) is 13.6. The minimum atomic E-state index is -0.391. The number of nitrogens with one attached hydrogen (secondary N) is 1. The molecule has 0 radical (unpaired) electrons. The maximum absolute atomic E-state index is 12.9. The van der Waals surface area contributed by atoms with Gasteiger partial charge >= 0.3 is 0 Å². The van der Waals surface area contributed by atoms with E-state index in [0.717, 1.165) is 28.4 Å². The van der Waals surface area contributed by atoms with E-state index in [2.05, 4.69) is 33.4 Å². The van der Waals surface area contributed by atoms with E-state index < -0.39 is 5.54 Å². The van der Waals surface area contributed by atoms with Gasteiger partial charge in [0.15, 0.2) is 11.5 Å². The molecule has 0 atom stereocenters. The summed E-state index contributed by atoms with van der Waals surface area (Å²) in [5.74, 6) is 1.38. The standard InChI is InChI=1S/C22H26BrNO4/c1-26-19-8-3-5-16(21(19)27-2)9-10-20(25)24-22(11-13-28-14-12-22)17-6-4-7-18(23)15-17/h3-8,15H,9-14H2,1-2H3,(H,24,25). The summed E-state index contributed by atoms with van der Waals surface area (Å²) in [6.45, 7) is 1.27. The molecule has 1 fully saturated rings. The third kappa shape index (κ3) is 4.67. The summed E-state index contributed by atoms with van der Waals surface area (Å²) < 4.78 is 17.4. The van der Waals surface area contributed by atoms with Crippen LogP contribution in [-0.2, 0) is 21.5 Å². The quantitative estimate of drug-likeness (QED) is 0.689. The first kappa shape index (κ1) is 20.7. The Bertz CT molecular complexity index is 818. The van der Waals surface area contributed by atoms with Gasteiger partial charge < -0.3 is 19.5 Å². The van der Waals surface area contributed by atoms with Gasteiger partial charge in [0.05, 0.1) is 19.8 Å².